The first-order valence-corrected chi connectivity index (χ1v) is 9.70. The number of carboxylic acids is 1. The topological polar surface area (TPSA) is 116 Å². The number of nitrogens with zero attached hydrogens (tertiary/aromatic N) is 3. The number of carboxylic acid groups (broad SMARTS) is 1. The van der Waals surface area contributed by atoms with Gasteiger partial charge >= 0.3 is 5.97 Å². The molecule has 0 saturated carbocycles. The quantitative estimate of drug-likeness (QED) is 0.631. The number of anilines is 3. The van der Waals surface area contributed by atoms with Crippen LogP contribution in [-0.2, 0) is 4.79 Å². The van der Waals surface area contributed by atoms with E-state index in [2.05, 4.69) is 53.2 Å². The van der Waals surface area contributed by atoms with Crippen molar-refractivity contribution in [1.82, 2.24) is 15.3 Å². The van der Waals surface area contributed by atoms with Crippen molar-refractivity contribution in [3.8, 4) is 0 Å². The largest absolute Gasteiger partial charge is 0.481 e. The molecule has 150 valence electrons. The zero-order valence-electron chi connectivity index (χ0n) is 16.7. The lowest BCUT2D eigenvalue weighted by molar-refractivity contribution is -0.142. The fraction of sp³-hybridized carbons (Fsp3) is 0.737. The van der Waals surface area contributed by atoms with E-state index in [1.807, 2.05) is 0 Å². The number of aromatic nitrogens is 2. The Bertz CT molecular complexity index is 681. The van der Waals surface area contributed by atoms with Gasteiger partial charge in [-0.1, -0.05) is 0 Å². The van der Waals surface area contributed by atoms with Crippen molar-refractivity contribution < 1.29 is 9.90 Å². The highest BCUT2D eigenvalue weighted by Crippen LogP contribution is 2.34. The van der Waals surface area contributed by atoms with Crippen molar-refractivity contribution in [3.63, 3.8) is 0 Å². The van der Waals surface area contributed by atoms with Crippen molar-refractivity contribution in [2.24, 2.45) is 5.92 Å². The first-order chi connectivity index (χ1) is 12.6. The minimum atomic E-state index is -0.719. The van der Waals surface area contributed by atoms with Gasteiger partial charge in [-0.05, 0) is 53.4 Å². The second-order valence-electron chi connectivity index (χ2n) is 9.20. The molecule has 2 aliphatic heterocycles. The summed E-state index contributed by atoms with van der Waals surface area (Å²) >= 11 is 0. The second-order valence-corrected chi connectivity index (χ2v) is 9.20. The van der Waals surface area contributed by atoms with Gasteiger partial charge in [-0.15, -0.1) is 0 Å². The van der Waals surface area contributed by atoms with E-state index in [0.717, 1.165) is 12.8 Å². The summed E-state index contributed by atoms with van der Waals surface area (Å²) in [5, 5.41) is 16.4. The molecule has 2 fully saturated rings. The minimum absolute atomic E-state index is 0.0305. The lowest BCUT2D eigenvalue weighted by Crippen LogP contribution is -2.60. The number of carbonyl (C=O) groups is 1. The molecular weight excluding hydrogens is 344 g/mol. The zero-order valence-corrected chi connectivity index (χ0v) is 16.7. The Labute approximate surface area is 160 Å². The van der Waals surface area contributed by atoms with Gasteiger partial charge in [-0.25, -0.2) is 9.97 Å². The van der Waals surface area contributed by atoms with Crippen LogP contribution in [0.15, 0.2) is 6.33 Å². The number of aliphatic carboxylic acids is 1. The monoisotopic (exact) mass is 376 g/mol. The van der Waals surface area contributed by atoms with Crippen LogP contribution in [0.3, 0.4) is 0 Å². The van der Waals surface area contributed by atoms with E-state index >= 15 is 0 Å². The molecule has 0 unspecified atom stereocenters. The highest BCUT2D eigenvalue weighted by molar-refractivity contribution is 5.76. The molecule has 0 radical (unpaired) electrons. The van der Waals surface area contributed by atoms with Crippen LogP contribution in [0, 0.1) is 5.92 Å². The van der Waals surface area contributed by atoms with Crippen LogP contribution < -0.4 is 21.3 Å². The van der Waals surface area contributed by atoms with Gasteiger partial charge < -0.3 is 26.4 Å². The number of rotatable bonds is 4. The Kier molecular flexibility index (Phi) is 5.20. The van der Waals surface area contributed by atoms with Crippen molar-refractivity contribution in [3.05, 3.63) is 6.33 Å². The minimum Gasteiger partial charge on any atom is -0.481 e. The van der Waals surface area contributed by atoms with E-state index in [9.17, 15) is 9.90 Å². The summed E-state index contributed by atoms with van der Waals surface area (Å²) in [5.74, 6) is 0.368. The molecule has 5 N–H and O–H groups in total. The van der Waals surface area contributed by atoms with Gasteiger partial charge in [-0.2, -0.15) is 0 Å². The van der Waals surface area contributed by atoms with E-state index in [-0.39, 0.29) is 23.0 Å². The third-order valence-electron chi connectivity index (χ3n) is 5.54. The molecule has 8 heteroatoms. The molecular formula is C19H32N6O2. The van der Waals surface area contributed by atoms with Gasteiger partial charge in [0.05, 0.1) is 5.92 Å². The lowest BCUT2D eigenvalue weighted by atomic mass is 9.79. The van der Waals surface area contributed by atoms with Gasteiger partial charge in [0.15, 0.2) is 11.6 Å². The van der Waals surface area contributed by atoms with Gasteiger partial charge in [0.2, 0.25) is 0 Å². The molecule has 0 aromatic carbocycles. The molecule has 27 heavy (non-hydrogen) atoms. The third kappa shape index (κ3) is 4.61. The smallest absolute Gasteiger partial charge is 0.306 e. The molecule has 2 aliphatic rings. The van der Waals surface area contributed by atoms with Crippen molar-refractivity contribution in [2.75, 3.05) is 29.0 Å². The van der Waals surface area contributed by atoms with Crippen LogP contribution >= 0.6 is 0 Å². The molecule has 0 aliphatic carbocycles. The normalized spacial score (nSPS) is 23.2. The molecule has 3 rings (SSSR count). The Balaban J connectivity index is 1.73. The Morgan fingerprint density at radius 2 is 1.81 bits per heavy atom. The summed E-state index contributed by atoms with van der Waals surface area (Å²) in [4.78, 5) is 22.0. The number of nitrogens with one attached hydrogen (secondary N) is 2. The van der Waals surface area contributed by atoms with Gasteiger partial charge in [0.25, 0.3) is 0 Å². The summed E-state index contributed by atoms with van der Waals surface area (Å²) < 4.78 is 0. The van der Waals surface area contributed by atoms with Crippen LogP contribution in [0.5, 0.6) is 0 Å². The van der Waals surface area contributed by atoms with E-state index in [0.29, 0.717) is 43.3 Å². The second kappa shape index (κ2) is 7.14. The van der Waals surface area contributed by atoms with Crippen LogP contribution in [-0.4, -0.2) is 51.3 Å². The molecule has 8 nitrogen and oxygen atoms in total. The van der Waals surface area contributed by atoms with Crippen molar-refractivity contribution in [2.45, 2.75) is 70.5 Å². The fourth-order valence-corrected chi connectivity index (χ4v) is 4.71. The summed E-state index contributed by atoms with van der Waals surface area (Å²) in [6.07, 6.45) is 4.70. The van der Waals surface area contributed by atoms with Crippen LogP contribution in [0.25, 0.3) is 0 Å². The molecule has 0 atom stereocenters. The predicted molar refractivity (Wildman–Crippen MR) is 107 cm³/mol. The molecule has 0 amide bonds. The van der Waals surface area contributed by atoms with E-state index in [1.165, 1.54) is 6.33 Å². The lowest BCUT2D eigenvalue weighted by Gasteiger charge is -2.46. The number of hydrogen-bond donors (Lipinski definition) is 4. The summed E-state index contributed by atoms with van der Waals surface area (Å²) in [7, 11) is 0. The Hall–Kier alpha value is -2.09. The summed E-state index contributed by atoms with van der Waals surface area (Å²) in [6.45, 7) is 10.1. The molecule has 2 saturated heterocycles. The average molecular weight is 377 g/mol. The van der Waals surface area contributed by atoms with Gasteiger partial charge in [-0.3, -0.25) is 4.79 Å². The highest BCUT2D eigenvalue weighted by Gasteiger charge is 2.38. The Morgan fingerprint density at radius 1 is 1.22 bits per heavy atom. The number of nitrogen functional groups attached to an aromatic ring is 1. The molecule has 1 aromatic heterocycles. The molecule has 3 heterocycles. The maximum Gasteiger partial charge on any atom is 0.306 e. The number of piperidine rings is 2. The fourth-order valence-electron chi connectivity index (χ4n) is 4.71. The summed E-state index contributed by atoms with van der Waals surface area (Å²) in [5.41, 5.74) is 7.00. The van der Waals surface area contributed by atoms with E-state index in [4.69, 9.17) is 5.73 Å². The maximum atomic E-state index is 11.2. The summed E-state index contributed by atoms with van der Waals surface area (Å²) in [6, 6.07) is 0.263. The average Bonchev–Trinajstić information content (AvgIpc) is 2.54. The molecule has 0 spiro atoms. The van der Waals surface area contributed by atoms with Crippen LogP contribution in [0.2, 0.25) is 0 Å². The molecule has 0 bridgehead atoms. The standard InChI is InChI=1S/C19H32N6O2/c1-18(2)9-13(10-19(3,4)24-18)23-15-14(20)16(22-11-21-15)25-7-5-12(6-8-25)17(26)27/h11-13,24H,5-10,20H2,1-4H3,(H,26,27)(H,21,22,23). The number of nitrogens with two attached hydrogens (primary N) is 1. The van der Waals surface area contributed by atoms with Gasteiger partial charge in [0.1, 0.15) is 12.0 Å². The van der Waals surface area contributed by atoms with Crippen LogP contribution in [0.4, 0.5) is 17.3 Å². The predicted octanol–water partition coefficient (Wildman–Crippen LogP) is 2.08. The van der Waals surface area contributed by atoms with Crippen LogP contribution in [0.1, 0.15) is 53.4 Å². The SMILES string of the molecule is CC1(C)CC(Nc2ncnc(N3CCC(C(=O)O)CC3)c2N)CC(C)(C)N1. The van der Waals surface area contributed by atoms with Gasteiger partial charge in [0, 0.05) is 30.2 Å². The highest BCUT2D eigenvalue weighted by atomic mass is 16.4. The first kappa shape index (κ1) is 19.7. The third-order valence-corrected chi connectivity index (χ3v) is 5.54. The number of hydrogen-bond acceptors (Lipinski definition) is 7. The van der Waals surface area contributed by atoms with E-state index < -0.39 is 5.97 Å². The first-order valence-electron chi connectivity index (χ1n) is 9.70. The molecule has 1 aromatic rings. The maximum absolute atomic E-state index is 11.2. The van der Waals surface area contributed by atoms with Crippen molar-refractivity contribution in [1.29, 1.82) is 0 Å². The van der Waals surface area contributed by atoms with Crippen molar-refractivity contribution >= 4 is 23.3 Å². The Morgan fingerprint density at radius 3 is 2.37 bits per heavy atom. The zero-order chi connectivity index (χ0) is 19.8. The van der Waals surface area contributed by atoms with E-state index in [1.54, 1.807) is 0 Å².